The lowest BCUT2D eigenvalue weighted by Crippen LogP contribution is -2.05. The summed E-state index contributed by atoms with van der Waals surface area (Å²) in [5.41, 5.74) is 2.00. The van der Waals surface area contributed by atoms with E-state index in [1.54, 1.807) is 6.08 Å². The summed E-state index contributed by atoms with van der Waals surface area (Å²) < 4.78 is 7.28. The average Bonchev–Trinajstić information content (AvgIpc) is 2.83. The van der Waals surface area contributed by atoms with Gasteiger partial charge in [-0.1, -0.05) is 34.1 Å². The van der Waals surface area contributed by atoms with Crippen molar-refractivity contribution in [1.29, 1.82) is 0 Å². The second-order valence-electron chi connectivity index (χ2n) is 4.40. The minimum absolute atomic E-state index is 0.311. The molecule has 0 saturated carbocycles. The molecule has 0 bridgehead atoms. The van der Waals surface area contributed by atoms with Crippen molar-refractivity contribution in [2.75, 3.05) is 0 Å². The van der Waals surface area contributed by atoms with E-state index >= 15 is 0 Å². The fraction of sp³-hybridized carbons (Fsp3) is 0. The fourth-order valence-corrected chi connectivity index (χ4v) is 2.63. The van der Waals surface area contributed by atoms with Crippen molar-refractivity contribution in [2.45, 2.75) is 0 Å². The maximum atomic E-state index is 11.9. The highest BCUT2D eigenvalue weighted by molar-refractivity contribution is 14.1. The molecule has 0 saturated heterocycles. The Hall–Kier alpha value is -1.47. The normalized spacial score (nSPS) is 16.0. The van der Waals surface area contributed by atoms with E-state index < -0.39 is 5.97 Å². The smallest absolute Gasteiger partial charge is 0.363 e. The van der Waals surface area contributed by atoms with Crippen molar-refractivity contribution in [1.82, 2.24) is 0 Å². The number of halogens is 2. The zero-order valence-corrected chi connectivity index (χ0v) is 14.5. The Bertz CT molecular complexity index is 766. The second kappa shape index (κ2) is 6.11. The van der Waals surface area contributed by atoms with Gasteiger partial charge in [0.2, 0.25) is 5.90 Å². The Kier molecular flexibility index (Phi) is 4.21. The highest BCUT2D eigenvalue weighted by Gasteiger charge is 2.24. The van der Waals surface area contributed by atoms with Crippen LogP contribution in [0.25, 0.3) is 6.08 Å². The highest BCUT2D eigenvalue weighted by atomic mass is 127. The predicted molar refractivity (Wildman–Crippen MR) is 93.9 cm³/mol. The number of hydrogen-bond acceptors (Lipinski definition) is 3. The molecule has 0 amide bonds. The van der Waals surface area contributed by atoms with E-state index in [1.165, 1.54) is 0 Å². The van der Waals surface area contributed by atoms with Crippen LogP contribution < -0.4 is 0 Å². The molecule has 1 aliphatic heterocycles. The summed E-state index contributed by atoms with van der Waals surface area (Å²) in [6.07, 6.45) is 1.73. The van der Waals surface area contributed by atoms with Crippen molar-refractivity contribution < 1.29 is 9.53 Å². The Balaban J connectivity index is 1.93. The van der Waals surface area contributed by atoms with Crippen molar-refractivity contribution in [3.8, 4) is 0 Å². The van der Waals surface area contributed by atoms with E-state index in [4.69, 9.17) is 4.74 Å². The molecule has 0 unspecified atom stereocenters. The number of hydrogen-bond donors (Lipinski definition) is 0. The largest absolute Gasteiger partial charge is 0.402 e. The number of cyclic esters (lactones) is 1. The van der Waals surface area contributed by atoms with E-state index in [0.717, 1.165) is 19.2 Å². The summed E-state index contributed by atoms with van der Waals surface area (Å²) in [7, 11) is 0. The number of ether oxygens (including phenoxy) is 1. The van der Waals surface area contributed by atoms with Gasteiger partial charge in [0.05, 0.1) is 0 Å². The van der Waals surface area contributed by atoms with Gasteiger partial charge in [-0.2, -0.15) is 0 Å². The molecule has 0 N–H and O–H groups in total. The van der Waals surface area contributed by atoms with E-state index in [2.05, 4.69) is 43.5 Å². The monoisotopic (exact) mass is 453 g/mol. The molecular formula is C16H9BrINO2. The van der Waals surface area contributed by atoms with Crippen molar-refractivity contribution >= 4 is 56.5 Å². The van der Waals surface area contributed by atoms with Crippen LogP contribution in [0.2, 0.25) is 0 Å². The van der Waals surface area contributed by atoms with Crippen molar-refractivity contribution in [2.24, 2.45) is 4.99 Å². The lowest BCUT2D eigenvalue weighted by Gasteiger charge is -1.99. The number of carbonyl (C=O) groups is 1. The molecule has 0 spiro atoms. The quantitative estimate of drug-likeness (QED) is 0.384. The summed E-state index contributed by atoms with van der Waals surface area (Å²) in [5, 5.41) is 0. The fourth-order valence-electron chi connectivity index (χ4n) is 1.87. The van der Waals surface area contributed by atoms with Gasteiger partial charge in [-0.3, -0.25) is 0 Å². The Morgan fingerprint density at radius 2 is 1.90 bits per heavy atom. The molecule has 0 aliphatic carbocycles. The summed E-state index contributed by atoms with van der Waals surface area (Å²) >= 11 is 5.62. The molecular weight excluding hydrogens is 445 g/mol. The second-order valence-corrected chi connectivity index (χ2v) is 6.56. The van der Waals surface area contributed by atoms with Crippen LogP contribution in [0.15, 0.2) is 63.7 Å². The first-order chi connectivity index (χ1) is 10.1. The molecule has 0 aromatic heterocycles. The standard InChI is InChI=1S/C16H9BrINO2/c17-12-3-1-2-11(9-12)15-19-14(16(20)21-15)8-10-4-6-13(18)7-5-10/h1-9H. The maximum Gasteiger partial charge on any atom is 0.363 e. The van der Waals surface area contributed by atoms with Crippen LogP contribution in [-0.2, 0) is 9.53 Å². The van der Waals surface area contributed by atoms with E-state index in [1.807, 2.05) is 48.5 Å². The van der Waals surface area contributed by atoms with Crippen LogP contribution in [0.3, 0.4) is 0 Å². The lowest BCUT2D eigenvalue weighted by atomic mass is 10.2. The molecule has 2 aromatic carbocycles. The van der Waals surface area contributed by atoms with Crippen molar-refractivity contribution in [3.05, 3.63) is 73.4 Å². The molecule has 0 radical (unpaired) electrons. The van der Waals surface area contributed by atoms with Crippen LogP contribution in [0.5, 0.6) is 0 Å². The molecule has 1 aliphatic rings. The summed E-state index contributed by atoms with van der Waals surface area (Å²) in [5.74, 6) is -0.0958. The van der Waals surface area contributed by atoms with Gasteiger partial charge in [-0.05, 0) is 64.6 Å². The first-order valence-electron chi connectivity index (χ1n) is 6.16. The number of rotatable bonds is 2. The Morgan fingerprint density at radius 1 is 1.14 bits per heavy atom. The third-order valence-corrected chi connectivity index (χ3v) is 4.08. The molecule has 3 rings (SSSR count). The van der Waals surface area contributed by atoms with Crippen LogP contribution in [0, 0.1) is 3.57 Å². The Labute approximate surface area is 144 Å². The first kappa shape index (κ1) is 14.5. The minimum Gasteiger partial charge on any atom is -0.402 e. The topological polar surface area (TPSA) is 38.7 Å². The minimum atomic E-state index is -0.427. The number of aliphatic imine (C=N–C) groups is 1. The van der Waals surface area contributed by atoms with E-state index in [-0.39, 0.29) is 0 Å². The molecule has 0 fully saturated rings. The van der Waals surface area contributed by atoms with Gasteiger partial charge in [-0.15, -0.1) is 0 Å². The number of benzene rings is 2. The van der Waals surface area contributed by atoms with Crippen molar-refractivity contribution in [3.63, 3.8) is 0 Å². The Morgan fingerprint density at radius 3 is 2.62 bits per heavy atom. The zero-order chi connectivity index (χ0) is 14.8. The van der Waals surface area contributed by atoms with Crippen LogP contribution in [0.4, 0.5) is 0 Å². The van der Waals surface area contributed by atoms with Gasteiger partial charge in [-0.25, -0.2) is 9.79 Å². The molecule has 2 aromatic rings. The number of esters is 1. The predicted octanol–water partition coefficient (Wildman–Crippen LogP) is 4.40. The maximum absolute atomic E-state index is 11.9. The van der Waals surface area contributed by atoms with Crippen LogP contribution in [0.1, 0.15) is 11.1 Å². The van der Waals surface area contributed by atoms with Gasteiger partial charge in [0.1, 0.15) is 0 Å². The summed E-state index contributed by atoms with van der Waals surface area (Å²) in [6, 6.07) is 15.3. The SMILES string of the molecule is O=C1OC(c2cccc(Br)c2)=NC1=Cc1ccc(I)cc1. The molecule has 5 heteroatoms. The summed E-state index contributed by atoms with van der Waals surface area (Å²) in [4.78, 5) is 16.2. The number of carbonyl (C=O) groups excluding carboxylic acids is 1. The van der Waals surface area contributed by atoms with Gasteiger partial charge < -0.3 is 4.74 Å². The molecule has 0 atom stereocenters. The van der Waals surface area contributed by atoms with Gasteiger partial charge in [0, 0.05) is 13.6 Å². The van der Waals surface area contributed by atoms with Crippen LogP contribution in [-0.4, -0.2) is 11.9 Å². The van der Waals surface area contributed by atoms with E-state index in [9.17, 15) is 4.79 Å². The molecule has 1 heterocycles. The third-order valence-electron chi connectivity index (χ3n) is 2.87. The highest BCUT2D eigenvalue weighted by Crippen LogP contribution is 2.21. The molecule has 21 heavy (non-hydrogen) atoms. The van der Waals surface area contributed by atoms with Gasteiger partial charge in [0.15, 0.2) is 5.70 Å². The summed E-state index contributed by atoms with van der Waals surface area (Å²) in [6.45, 7) is 0. The lowest BCUT2D eigenvalue weighted by molar-refractivity contribution is -0.129. The van der Waals surface area contributed by atoms with E-state index in [0.29, 0.717) is 11.6 Å². The van der Waals surface area contributed by atoms with Crippen LogP contribution >= 0.6 is 38.5 Å². The molecule has 104 valence electrons. The number of nitrogens with zero attached hydrogens (tertiary/aromatic N) is 1. The third kappa shape index (κ3) is 3.41. The first-order valence-corrected chi connectivity index (χ1v) is 8.03. The van der Waals surface area contributed by atoms with Gasteiger partial charge in [0.25, 0.3) is 0 Å². The zero-order valence-electron chi connectivity index (χ0n) is 10.7. The average molecular weight is 454 g/mol. The molecule has 3 nitrogen and oxygen atoms in total. The van der Waals surface area contributed by atoms with Gasteiger partial charge >= 0.3 is 5.97 Å².